The maximum Gasteiger partial charge on any atom is 0.263 e. The number of para-hydroxylation sites is 5. The largest absolute Gasteiger partial charge is 0.309 e. The highest BCUT2D eigenvalue weighted by Gasteiger charge is 2.51. The lowest BCUT2D eigenvalue weighted by atomic mass is 9.60. The molecule has 3 heteroatoms. The maximum absolute atomic E-state index is 14.4. The molecule has 1 aromatic heterocycles. The number of aryl methyl sites for hydroxylation is 2. The second-order valence-electron chi connectivity index (χ2n) is 11.9. The highest BCUT2D eigenvalue weighted by Crippen LogP contribution is 2.62. The Kier molecular flexibility index (Phi) is 4.37. The van der Waals surface area contributed by atoms with E-state index in [1.165, 1.54) is 39.3 Å². The van der Waals surface area contributed by atoms with Crippen molar-refractivity contribution in [3.05, 3.63) is 177 Å². The van der Waals surface area contributed by atoms with Gasteiger partial charge in [-0.15, -0.1) is 0 Å². The Hall–Kier alpha value is -5.41. The Labute approximate surface area is 248 Å². The van der Waals surface area contributed by atoms with Gasteiger partial charge < -0.3 is 4.90 Å². The summed E-state index contributed by atoms with van der Waals surface area (Å²) in [6.07, 6.45) is 1.97. The van der Waals surface area contributed by atoms with Crippen LogP contribution in [0.25, 0.3) is 27.4 Å². The molecule has 4 heterocycles. The average molecular weight is 551 g/mol. The second kappa shape index (κ2) is 8.11. The van der Waals surface area contributed by atoms with E-state index >= 15 is 0 Å². The Morgan fingerprint density at radius 2 is 1.02 bits per heavy atom. The fourth-order valence-corrected chi connectivity index (χ4v) is 8.44. The van der Waals surface area contributed by atoms with Crippen molar-refractivity contribution >= 4 is 38.7 Å². The van der Waals surface area contributed by atoms with E-state index in [0.29, 0.717) is 0 Å². The predicted octanol–water partition coefficient (Wildman–Crippen LogP) is 8.72. The van der Waals surface area contributed by atoms with Gasteiger partial charge in [-0.25, -0.2) is 0 Å². The second-order valence-corrected chi connectivity index (χ2v) is 11.9. The van der Waals surface area contributed by atoms with Crippen LogP contribution in [0.1, 0.15) is 33.4 Å². The third-order valence-corrected chi connectivity index (χ3v) is 10.1. The number of hydrogen-bond donors (Lipinski definition) is 0. The van der Waals surface area contributed by atoms with Crippen LogP contribution in [0, 0.1) is 0 Å². The molecule has 0 amide bonds. The minimum absolute atomic E-state index is 0.0318. The van der Waals surface area contributed by atoms with Crippen molar-refractivity contribution in [1.82, 2.24) is 4.57 Å². The Morgan fingerprint density at radius 3 is 1.88 bits per heavy atom. The van der Waals surface area contributed by atoms with Crippen LogP contribution in [0.15, 0.2) is 138 Å². The zero-order valence-corrected chi connectivity index (χ0v) is 23.4. The molecule has 202 valence electrons. The first kappa shape index (κ1) is 23.2. The van der Waals surface area contributed by atoms with E-state index in [-0.39, 0.29) is 5.56 Å². The van der Waals surface area contributed by atoms with E-state index in [4.69, 9.17) is 0 Å². The summed E-state index contributed by atoms with van der Waals surface area (Å²) < 4.78 is 1.99. The van der Waals surface area contributed by atoms with Crippen molar-refractivity contribution in [2.45, 2.75) is 18.3 Å². The van der Waals surface area contributed by atoms with E-state index in [9.17, 15) is 4.79 Å². The van der Waals surface area contributed by atoms with Crippen molar-refractivity contribution in [2.75, 3.05) is 4.90 Å². The zero-order chi connectivity index (χ0) is 28.3. The number of nitrogens with zero attached hydrogens (tertiary/aromatic N) is 2. The molecule has 0 N–H and O–H groups in total. The fraction of sp³-hybridized carbons (Fsp3) is 0.0750. The van der Waals surface area contributed by atoms with Crippen LogP contribution in [-0.2, 0) is 18.3 Å². The molecule has 0 aliphatic carbocycles. The first-order chi connectivity index (χ1) is 21.3. The van der Waals surface area contributed by atoms with Crippen molar-refractivity contribution < 1.29 is 0 Å². The van der Waals surface area contributed by atoms with Gasteiger partial charge in [0.1, 0.15) is 0 Å². The summed E-state index contributed by atoms with van der Waals surface area (Å²) >= 11 is 0. The molecular weight excluding hydrogens is 524 g/mol. The molecule has 0 saturated carbocycles. The molecule has 3 aliphatic rings. The SMILES string of the molecule is O=c1c2ccccc2c2cccc3c2n1-c1ccccc1C31c2ccccc2N2c3ccccc3CCc3cccc1c32. The van der Waals surface area contributed by atoms with Gasteiger partial charge in [-0.3, -0.25) is 9.36 Å². The highest BCUT2D eigenvalue weighted by molar-refractivity contribution is 6.09. The predicted molar refractivity (Wildman–Crippen MR) is 175 cm³/mol. The molecule has 0 saturated heterocycles. The van der Waals surface area contributed by atoms with E-state index in [2.05, 4.69) is 120 Å². The van der Waals surface area contributed by atoms with E-state index in [1.54, 1.807) is 0 Å². The summed E-state index contributed by atoms with van der Waals surface area (Å²) in [5.41, 5.74) is 12.6. The van der Waals surface area contributed by atoms with Gasteiger partial charge in [-0.2, -0.15) is 0 Å². The normalized spacial score (nSPS) is 17.3. The standard InChI is InChI=1S/C40H26N2O/c43-39-29-14-3-2-13-27(29)28-15-10-19-33-38(28)42(39)36-22-8-5-17-31(36)40(33)30-16-4-7-21-35(30)41-34-20-6-1-11-25(34)23-24-26-12-9-18-32(40)37(26)41/h1-22H,23-24H2. The molecule has 3 nitrogen and oxygen atoms in total. The van der Waals surface area contributed by atoms with Crippen LogP contribution in [0.4, 0.5) is 17.1 Å². The fourth-order valence-electron chi connectivity index (χ4n) is 8.44. The Morgan fingerprint density at radius 1 is 0.465 bits per heavy atom. The first-order valence-electron chi connectivity index (χ1n) is 15.1. The van der Waals surface area contributed by atoms with Gasteiger partial charge in [0.15, 0.2) is 0 Å². The molecule has 10 rings (SSSR count). The summed E-state index contributed by atoms with van der Waals surface area (Å²) in [4.78, 5) is 16.9. The maximum atomic E-state index is 14.4. The van der Waals surface area contributed by atoms with Crippen LogP contribution < -0.4 is 10.5 Å². The average Bonchev–Trinajstić information content (AvgIpc) is 3.24. The Bertz CT molecular complexity index is 2400. The summed E-state index contributed by atoms with van der Waals surface area (Å²) in [5, 5.41) is 2.86. The summed E-state index contributed by atoms with van der Waals surface area (Å²) in [6.45, 7) is 0. The van der Waals surface area contributed by atoms with Crippen molar-refractivity contribution in [3.8, 4) is 5.69 Å². The molecule has 1 spiro atoms. The van der Waals surface area contributed by atoms with Gasteiger partial charge >= 0.3 is 0 Å². The molecule has 0 bridgehead atoms. The van der Waals surface area contributed by atoms with Crippen LogP contribution in [0.2, 0.25) is 0 Å². The summed E-state index contributed by atoms with van der Waals surface area (Å²) in [7, 11) is 0. The molecule has 43 heavy (non-hydrogen) atoms. The van der Waals surface area contributed by atoms with Crippen molar-refractivity contribution in [3.63, 3.8) is 0 Å². The number of fused-ring (bicyclic) bond motifs is 12. The number of aromatic nitrogens is 1. The minimum Gasteiger partial charge on any atom is -0.309 e. The van der Waals surface area contributed by atoms with Crippen LogP contribution in [0.3, 0.4) is 0 Å². The van der Waals surface area contributed by atoms with Gasteiger partial charge in [0.2, 0.25) is 0 Å². The van der Waals surface area contributed by atoms with E-state index in [0.717, 1.165) is 51.3 Å². The van der Waals surface area contributed by atoms with Crippen molar-refractivity contribution in [1.29, 1.82) is 0 Å². The molecule has 6 aromatic carbocycles. The topological polar surface area (TPSA) is 25.2 Å². The highest BCUT2D eigenvalue weighted by atomic mass is 16.1. The van der Waals surface area contributed by atoms with Gasteiger partial charge in [0.25, 0.3) is 5.56 Å². The molecule has 1 unspecified atom stereocenters. The molecule has 7 aromatic rings. The number of anilines is 3. The summed E-state index contributed by atoms with van der Waals surface area (Å²) in [5.74, 6) is 0. The minimum atomic E-state index is -0.608. The van der Waals surface area contributed by atoms with Crippen LogP contribution >= 0.6 is 0 Å². The lowest BCUT2D eigenvalue weighted by Gasteiger charge is -2.49. The lowest BCUT2D eigenvalue weighted by Crippen LogP contribution is -2.42. The van der Waals surface area contributed by atoms with E-state index < -0.39 is 5.41 Å². The smallest absolute Gasteiger partial charge is 0.263 e. The zero-order valence-electron chi connectivity index (χ0n) is 23.4. The van der Waals surface area contributed by atoms with Gasteiger partial charge in [0, 0.05) is 16.5 Å². The van der Waals surface area contributed by atoms with Crippen molar-refractivity contribution in [2.24, 2.45) is 0 Å². The molecule has 0 radical (unpaired) electrons. The molecule has 3 aliphatic heterocycles. The number of pyridine rings is 1. The molecular formula is C40H26N2O. The molecule has 1 atom stereocenters. The third kappa shape index (κ3) is 2.69. The monoisotopic (exact) mass is 550 g/mol. The summed E-state index contributed by atoms with van der Waals surface area (Å²) in [6, 6.07) is 47.9. The molecule has 0 fully saturated rings. The van der Waals surface area contributed by atoms with E-state index in [1.807, 2.05) is 22.8 Å². The van der Waals surface area contributed by atoms with Gasteiger partial charge in [-0.1, -0.05) is 109 Å². The van der Waals surface area contributed by atoms with Gasteiger partial charge in [0.05, 0.1) is 28.0 Å². The number of benzene rings is 6. The number of rotatable bonds is 0. The Balaban J connectivity index is 1.47. The van der Waals surface area contributed by atoms with Gasteiger partial charge in [-0.05, 0) is 75.9 Å². The quantitative estimate of drug-likeness (QED) is 0.176. The first-order valence-corrected chi connectivity index (χ1v) is 15.1. The third-order valence-electron chi connectivity index (χ3n) is 10.1. The van der Waals surface area contributed by atoms with Crippen LogP contribution in [-0.4, -0.2) is 4.57 Å². The number of hydrogen-bond acceptors (Lipinski definition) is 2. The lowest BCUT2D eigenvalue weighted by molar-refractivity contribution is 0.707. The van der Waals surface area contributed by atoms with Crippen LogP contribution in [0.5, 0.6) is 0 Å².